The van der Waals surface area contributed by atoms with E-state index in [2.05, 4.69) is 41.6 Å². The maximum absolute atomic E-state index is 15.2. The van der Waals surface area contributed by atoms with Crippen LogP contribution in [0.1, 0.15) is 137 Å². The molecule has 1 aromatic heterocycles. The number of aryl methyl sites for hydroxylation is 1. The smallest absolute Gasteiger partial charge is 0.329 e. The molecule has 8 rings (SSSR count). The second-order valence-corrected chi connectivity index (χ2v) is 28.0. The van der Waals surface area contributed by atoms with E-state index >= 15 is 9.59 Å². The number of amides is 11. The molecule has 9 N–H and O–H groups in total. The van der Waals surface area contributed by atoms with Gasteiger partial charge < -0.3 is 81.0 Å². The number of rotatable bonds is 11. The largest absolute Gasteiger partial charge is 0.458 e. The van der Waals surface area contributed by atoms with Crippen LogP contribution in [-0.4, -0.2) is 255 Å². The summed E-state index contributed by atoms with van der Waals surface area (Å²) in [4.78, 5) is 216. The van der Waals surface area contributed by atoms with Crippen LogP contribution < -0.4 is 38.2 Å². The highest BCUT2D eigenvalue weighted by atomic mass is 16.6. The number of likely N-dealkylation sites (N-methyl/N-ethyl adjacent to an activating group) is 4. The van der Waals surface area contributed by atoms with Gasteiger partial charge in [-0.2, -0.15) is 0 Å². The third-order valence-corrected chi connectivity index (χ3v) is 18.7. The number of hydrogen-bond donors (Lipinski definition) is 7. The fourth-order valence-corrected chi connectivity index (χ4v) is 13.0. The van der Waals surface area contributed by atoms with Crippen molar-refractivity contribution in [2.24, 2.45) is 39.7 Å². The molecular weight excluding hydrogens is 1340 g/mol. The number of primary amides is 1. The number of fused-ring (bicyclic) bond motifs is 4. The van der Waals surface area contributed by atoms with Gasteiger partial charge in [-0.25, -0.2) is 19.6 Å². The normalized spacial score (nSPS) is 24.3. The van der Waals surface area contributed by atoms with E-state index in [4.69, 9.17) is 30.3 Å². The molecule has 0 unspecified atom stereocenters. The number of carbonyl (C=O) groups excluding carboxylic acids is 13. The summed E-state index contributed by atoms with van der Waals surface area (Å²) in [5, 5.41) is 19.6. The van der Waals surface area contributed by atoms with Crippen LogP contribution in [0.15, 0.2) is 38.0 Å². The van der Waals surface area contributed by atoms with Gasteiger partial charge in [-0.15, -0.1) is 5.11 Å². The molecule has 0 spiro atoms. The first kappa shape index (κ1) is 79.7. The maximum Gasteiger partial charge on any atom is 0.329 e. The molecule has 6 aliphatic rings. The number of ether oxygens (including phenoxy) is 2. The van der Waals surface area contributed by atoms with Gasteiger partial charge >= 0.3 is 11.9 Å². The molecule has 35 nitrogen and oxygen atoms in total. The Morgan fingerprint density at radius 3 is 1.54 bits per heavy atom. The molecule has 103 heavy (non-hydrogen) atoms. The molecule has 0 radical (unpaired) electrons. The van der Waals surface area contributed by atoms with Crippen molar-refractivity contribution in [3.8, 4) is 11.5 Å². The molecule has 4 saturated heterocycles. The van der Waals surface area contributed by atoms with E-state index < -0.39 is 197 Å². The second-order valence-electron chi connectivity index (χ2n) is 28.0. The molecule has 11 amide bonds. The van der Waals surface area contributed by atoms with E-state index in [9.17, 15) is 57.5 Å². The highest BCUT2D eigenvalue weighted by Gasteiger charge is 2.47. The number of aromatic amines is 1. The topological polar surface area (TPSA) is 460 Å². The third kappa shape index (κ3) is 17.3. The number of anilines is 1. The van der Waals surface area contributed by atoms with Gasteiger partial charge in [0.15, 0.2) is 22.9 Å². The number of nitrogens with zero attached hydrogens (tertiary/aromatic N) is 11. The number of aromatic nitrogens is 3. The minimum atomic E-state index is -1.88. The number of H-pyrrole nitrogens is 1. The van der Waals surface area contributed by atoms with Gasteiger partial charge in [0.25, 0.3) is 17.7 Å². The molecule has 1 aliphatic carbocycles. The van der Waals surface area contributed by atoms with Crippen molar-refractivity contribution < 1.29 is 76.2 Å². The maximum atomic E-state index is 15.2. The SMILES string of the molecule is CN(C)/N=N/c1[nH]cnc1C(N)=O.Cc1c2oc3c(C)ccc(C(=O)N[C@@H]4C(=O)N[C@H](C(C)C)C(=O)N5CCC[C@H]5C(=O)N(C)CC(=O)N(C)[C@@H](C(C)C)C(=O)O[C@@H]4C)c3nc-2c(C(=O)N[C@@H]2C(=O)N[C@H](C(C)C)C(=O)N3CCC[C@H]3C(=O)N(C)CC(=O)N(C)[C@@H](C(C)C)C(=O)O[C@@H]2C)c(N)c1=O. The van der Waals surface area contributed by atoms with Gasteiger partial charge in [0.2, 0.25) is 52.7 Å². The zero-order valence-corrected chi connectivity index (χ0v) is 61.5. The lowest BCUT2D eigenvalue weighted by molar-refractivity contribution is -0.163. The predicted octanol–water partition coefficient (Wildman–Crippen LogP) is 0.795. The summed E-state index contributed by atoms with van der Waals surface area (Å²) >= 11 is 0. The summed E-state index contributed by atoms with van der Waals surface area (Å²) in [5.74, 6) is -12.7. The quantitative estimate of drug-likeness (QED) is 0.0359. The number of esters is 2. The summed E-state index contributed by atoms with van der Waals surface area (Å²) in [7, 11) is 9.01. The molecule has 10 atom stereocenters. The Morgan fingerprint density at radius 1 is 0.660 bits per heavy atom. The number of nitrogens with two attached hydrogens (primary N) is 2. The highest BCUT2D eigenvalue weighted by molar-refractivity contribution is 6.10. The molecule has 4 fully saturated rings. The number of benzene rings is 2. The summed E-state index contributed by atoms with van der Waals surface area (Å²) in [6.07, 6.45) is -0.313. The van der Waals surface area contributed by atoms with Crippen molar-refractivity contribution in [1.29, 1.82) is 0 Å². The Hall–Kier alpha value is -10.6. The predicted molar refractivity (Wildman–Crippen MR) is 371 cm³/mol. The van der Waals surface area contributed by atoms with E-state index in [1.54, 1.807) is 76.4 Å². The van der Waals surface area contributed by atoms with Crippen LogP contribution in [0.5, 0.6) is 0 Å². The Bertz CT molecular complexity index is 4030. The molecule has 5 aliphatic heterocycles. The Morgan fingerprint density at radius 2 is 1.12 bits per heavy atom. The molecule has 2 aromatic rings. The van der Waals surface area contributed by atoms with Crippen molar-refractivity contribution in [3.05, 3.63) is 56.6 Å². The molecule has 35 heteroatoms. The van der Waals surface area contributed by atoms with Crippen LogP contribution >= 0.6 is 0 Å². The van der Waals surface area contributed by atoms with E-state index in [0.29, 0.717) is 18.4 Å². The lowest BCUT2D eigenvalue weighted by atomic mass is 9.98. The van der Waals surface area contributed by atoms with Crippen molar-refractivity contribution in [2.75, 3.05) is 74.2 Å². The second kappa shape index (κ2) is 33.0. The lowest BCUT2D eigenvalue weighted by Gasteiger charge is -2.36. The van der Waals surface area contributed by atoms with Gasteiger partial charge in [0, 0.05) is 60.9 Å². The van der Waals surface area contributed by atoms with Crippen LogP contribution in [0, 0.1) is 37.5 Å². The minimum Gasteiger partial charge on any atom is -0.458 e. The molecule has 6 heterocycles. The summed E-state index contributed by atoms with van der Waals surface area (Å²) in [6, 6.07) is -7.90. The van der Waals surface area contributed by atoms with Gasteiger partial charge in [-0.1, -0.05) is 66.7 Å². The average molecular weight is 1440 g/mol. The minimum absolute atomic E-state index is 0.0763. The fraction of sp³-hybridized carbons (Fsp3) is 0.588. The first-order valence-electron chi connectivity index (χ1n) is 34.1. The molecular formula is C68H96N18O17. The van der Waals surface area contributed by atoms with Crippen LogP contribution in [0.4, 0.5) is 11.5 Å². The monoisotopic (exact) mass is 1440 g/mol. The lowest BCUT2D eigenvalue weighted by Crippen LogP contribution is -2.61. The van der Waals surface area contributed by atoms with Crippen molar-refractivity contribution in [3.63, 3.8) is 0 Å². The number of nitrogen functional groups attached to an aromatic ring is 1. The van der Waals surface area contributed by atoms with Crippen LogP contribution in [-0.2, 0) is 57.4 Å². The zero-order valence-electron chi connectivity index (χ0n) is 61.5. The Labute approximate surface area is 595 Å². The number of hydrogen-bond acceptors (Lipinski definition) is 22. The third-order valence-electron chi connectivity index (χ3n) is 18.7. The summed E-state index contributed by atoms with van der Waals surface area (Å²) in [5.41, 5.74) is 8.69. The van der Waals surface area contributed by atoms with Gasteiger partial charge in [0.05, 0.1) is 36.2 Å². The van der Waals surface area contributed by atoms with Gasteiger partial charge in [-0.3, -0.25) is 62.5 Å². The average Bonchev–Trinajstić information content (AvgIpc) is 1.51. The fourth-order valence-electron chi connectivity index (χ4n) is 13.0. The van der Waals surface area contributed by atoms with Crippen molar-refractivity contribution >= 4 is 99.5 Å². The van der Waals surface area contributed by atoms with Crippen molar-refractivity contribution in [2.45, 2.75) is 169 Å². The Kier molecular flexibility index (Phi) is 25.5. The number of cyclic esters (lactones) is 2. The van der Waals surface area contributed by atoms with Crippen LogP contribution in [0.2, 0.25) is 0 Å². The molecule has 1 aromatic carbocycles. The number of nitrogens with one attached hydrogen (secondary N) is 5. The molecule has 0 bridgehead atoms. The van der Waals surface area contributed by atoms with E-state index in [1.165, 1.54) is 92.0 Å². The van der Waals surface area contributed by atoms with Crippen LogP contribution in [0.3, 0.4) is 0 Å². The highest BCUT2D eigenvalue weighted by Crippen LogP contribution is 2.35. The first-order valence-corrected chi connectivity index (χ1v) is 34.1. The van der Waals surface area contributed by atoms with Gasteiger partial charge in [0.1, 0.15) is 71.8 Å². The molecule has 560 valence electrons. The molecule has 0 saturated carbocycles. The van der Waals surface area contributed by atoms with Crippen LogP contribution in [0.25, 0.3) is 22.6 Å². The number of carbonyl (C=O) groups is 13. The first-order chi connectivity index (χ1) is 48.2. The summed E-state index contributed by atoms with van der Waals surface area (Å²) < 4.78 is 18.3. The Balaban J connectivity index is 0.00000103. The zero-order chi connectivity index (χ0) is 76.8. The standard InChI is InChI=1S/C62H86N12O16.C6H10N6O/c1-27(2)42-59(84)73-23-17-19-36(73)57(82)69(13)25-38(75)71(15)48(29(5)6)61(86)88-33(11)44(55(80)65-42)67-53(78)35-22-21-31(9)51-46(35)64-47-40(41(63)50(77)32(10)52(47)90-51)54(79)68-45-34(12)89-62(87)49(30(7)8)72(16)39(76)26-70(14)58(83)37-20-18-24-74(37)60(85)43(28(3)4)66-56(45)81;1-12(2)11-10-6-4(5(7)13)8-3-9-6/h21-22,27-30,33-34,36-37,42-45,48-49H,17-20,23-26,63H2,1-16H3,(H,65,80)(H,66,81)(H,67,78)(H,68,79);3H,1-2H3,(H2,7,13)(H,8,9)/b;11-10+/t33-,34-,36+,37+,42-,43-,44+,45+,48+,49+;/m1./s1. The van der Waals surface area contributed by atoms with E-state index in [1.807, 2.05) is 0 Å². The summed E-state index contributed by atoms with van der Waals surface area (Å²) in [6.45, 7) is 18.4. The van der Waals surface area contributed by atoms with Crippen molar-refractivity contribution in [1.82, 2.24) is 70.6 Å². The van der Waals surface area contributed by atoms with Gasteiger partial charge in [-0.05, 0) is 88.7 Å². The number of imidazole rings is 1. The van der Waals surface area contributed by atoms with E-state index in [-0.39, 0.29) is 65.4 Å². The van der Waals surface area contributed by atoms with E-state index in [0.717, 1.165) is 9.80 Å².